The summed E-state index contributed by atoms with van der Waals surface area (Å²) < 4.78 is 0. The molecule has 0 aliphatic heterocycles. The van der Waals surface area contributed by atoms with E-state index in [2.05, 4.69) is 5.32 Å². The van der Waals surface area contributed by atoms with Gasteiger partial charge in [-0.15, -0.1) is 0 Å². The zero-order valence-electron chi connectivity index (χ0n) is 12.8. The number of rotatable bonds is 6. The van der Waals surface area contributed by atoms with E-state index in [1.807, 2.05) is 51.1 Å². The molecule has 21 heavy (non-hydrogen) atoms. The van der Waals surface area contributed by atoms with Gasteiger partial charge in [-0.2, -0.15) is 0 Å². The van der Waals surface area contributed by atoms with Gasteiger partial charge in [-0.1, -0.05) is 51.1 Å². The van der Waals surface area contributed by atoms with E-state index in [1.165, 1.54) is 6.08 Å². The molecule has 1 amide bonds. The minimum Gasteiger partial charge on any atom is -0.481 e. The van der Waals surface area contributed by atoms with Crippen molar-refractivity contribution in [3.63, 3.8) is 0 Å². The average molecular weight is 289 g/mol. The molecule has 0 fully saturated rings. The smallest absolute Gasteiger partial charge is 0.308 e. The molecule has 2 N–H and O–H groups in total. The van der Waals surface area contributed by atoms with Crippen LogP contribution in [0.4, 0.5) is 0 Å². The molecule has 4 heteroatoms. The summed E-state index contributed by atoms with van der Waals surface area (Å²) in [5.74, 6) is -1.73. The van der Waals surface area contributed by atoms with Gasteiger partial charge < -0.3 is 10.4 Å². The van der Waals surface area contributed by atoms with Crippen molar-refractivity contribution in [3.05, 3.63) is 42.0 Å². The van der Waals surface area contributed by atoms with E-state index in [-0.39, 0.29) is 17.9 Å². The van der Waals surface area contributed by atoms with Crippen molar-refractivity contribution >= 4 is 18.0 Å². The lowest BCUT2D eigenvalue weighted by Gasteiger charge is -2.23. The molecule has 0 aliphatic rings. The highest BCUT2D eigenvalue weighted by Crippen LogP contribution is 2.24. The largest absolute Gasteiger partial charge is 0.481 e. The minimum absolute atomic E-state index is 0.0896. The second-order valence-electron chi connectivity index (χ2n) is 6.29. The monoisotopic (exact) mass is 289 g/mol. The first-order valence-corrected chi connectivity index (χ1v) is 7.02. The van der Waals surface area contributed by atoms with Crippen LogP contribution in [-0.4, -0.2) is 23.5 Å². The number of nitrogens with one attached hydrogen (secondary N) is 1. The van der Waals surface area contributed by atoms with Crippen LogP contribution in [0, 0.1) is 11.3 Å². The van der Waals surface area contributed by atoms with Crippen LogP contribution in [0.1, 0.15) is 32.8 Å². The van der Waals surface area contributed by atoms with Gasteiger partial charge in [0, 0.05) is 12.6 Å². The Hall–Kier alpha value is -2.10. The highest BCUT2D eigenvalue weighted by Gasteiger charge is 2.24. The zero-order chi connectivity index (χ0) is 15.9. The van der Waals surface area contributed by atoms with Crippen LogP contribution in [0.3, 0.4) is 0 Å². The summed E-state index contributed by atoms with van der Waals surface area (Å²) in [7, 11) is 0. The van der Waals surface area contributed by atoms with Crippen molar-refractivity contribution in [2.24, 2.45) is 11.3 Å². The lowest BCUT2D eigenvalue weighted by Crippen LogP contribution is -2.34. The average Bonchev–Trinajstić information content (AvgIpc) is 2.41. The number of carbonyl (C=O) groups is 2. The number of carboxylic acids is 1. The molecule has 0 saturated heterocycles. The van der Waals surface area contributed by atoms with Crippen molar-refractivity contribution in [3.8, 4) is 0 Å². The summed E-state index contributed by atoms with van der Waals surface area (Å²) in [4.78, 5) is 22.9. The fraction of sp³-hybridized carbons (Fsp3) is 0.412. The molecular weight excluding hydrogens is 266 g/mol. The lowest BCUT2D eigenvalue weighted by atomic mass is 9.84. The summed E-state index contributed by atoms with van der Waals surface area (Å²) in [5, 5.41) is 11.8. The standard InChI is InChI=1S/C17H23NO3/c1-17(2,3)11-14(16(20)21)12-18-15(19)10-9-13-7-5-4-6-8-13/h4-10,14H,11-12H2,1-3H3,(H,18,19)(H,20,21)/b10-9+. The summed E-state index contributed by atoms with van der Waals surface area (Å²) in [5.41, 5.74) is 0.838. The first kappa shape index (κ1) is 17.0. The van der Waals surface area contributed by atoms with Crippen LogP contribution in [0.25, 0.3) is 6.08 Å². The van der Waals surface area contributed by atoms with E-state index in [0.29, 0.717) is 6.42 Å². The Kier molecular flexibility index (Phi) is 6.15. The summed E-state index contributed by atoms with van der Waals surface area (Å²) in [6, 6.07) is 9.47. The summed E-state index contributed by atoms with van der Waals surface area (Å²) >= 11 is 0. The van der Waals surface area contributed by atoms with Gasteiger partial charge in [0.05, 0.1) is 5.92 Å². The second-order valence-corrected chi connectivity index (χ2v) is 6.29. The Bertz CT molecular complexity index is 501. The Labute approximate surface area is 125 Å². The molecule has 0 radical (unpaired) electrons. The molecule has 1 rings (SSSR count). The maximum absolute atomic E-state index is 11.7. The zero-order valence-corrected chi connectivity index (χ0v) is 12.8. The topological polar surface area (TPSA) is 66.4 Å². The fourth-order valence-electron chi connectivity index (χ4n) is 2.00. The van der Waals surface area contributed by atoms with Gasteiger partial charge in [0.15, 0.2) is 0 Å². The maximum atomic E-state index is 11.7. The summed E-state index contributed by atoms with van der Waals surface area (Å²) in [6.07, 6.45) is 3.64. The van der Waals surface area contributed by atoms with Gasteiger partial charge in [0.25, 0.3) is 0 Å². The first-order chi connectivity index (χ1) is 9.78. The molecule has 1 aromatic carbocycles. The van der Waals surface area contributed by atoms with Crippen LogP contribution < -0.4 is 5.32 Å². The van der Waals surface area contributed by atoms with Crippen LogP contribution in [0.15, 0.2) is 36.4 Å². The van der Waals surface area contributed by atoms with Crippen molar-refractivity contribution in [1.82, 2.24) is 5.32 Å². The predicted molar refractivity (Wildman–Crippen MR) is 83.7 cm³/mol. The second kappa shape index (κ2) is 7.62. The fourth-order valence-corrected chi connectivity index (χ4v) is 2.00. The number of hydrogen-bond donors (Lipinski definition) is 2. The summed E-state index contributed by atoms with van der Waals surface area (Å²) in [6.45, 7) is 6.10. The molecule has 0 aliphatic carbocycles. The van der Waals surface area contributed by atoms with Crippen LogP contribution >= 0.6 is 0 Å². The molecule has 114 valence electrons. The molecular formula is C17H23NO3. The molecule has 0 bridgehead atoms. The molecule has 4 nitrogen and oxygen atoms in total. The number of benzene rings is 1. The number of hydrogen-bond acceptors (Lipinski definition) is 2. The van der Waals surface area contributed by atoms with E-state index < -0.39 is 11.9 Å². The predicted octanol–water partition coefficient (Wildman–Crippen LogP) is 2.95. The van der Waals surface area contributed by atoms with Gasteiger partial charge in [0.2, 0.25) is 5.91 Å². The molecule has 1 atom stereocenters. The number of amides is 1. The van der Waals surface area contributed by atoms with E-state index in [9.17, 15) is 14.7 Å². The van der Waals surface area contributed by atoms with Gasteiger partial charge in [0.1, 0.15) is 0 Å². The molecule has 1 unspecified atom stereocenters. The quantitative estimate of drug-likeness (QED) is 0.791. The van der Waals surface area contributed by atoms with Crippen LogP contribution in [0.2, 0.25) is 0 Å². The third kappa shape index (κ3) is 7.30. The molecule has 1 aromatic rings. The third-order valence-corrected chi connectivity index (χ3v) is 2.96. The molecule has 0 saturated carbocycles. The van der Waals surface area contributed by atoms with Gasteiger partial charge in [-0.3, -0.25) is 9.59 Å². The highest BCUT2D eigenvalue weighted by atomic mass is 16.4. The molecule has 0 heterocycles. The highest BCUT2D eigenvalue weighted by molar-refractivity contribution is 5.91. The van der Waals surface area contributed by atoms with Gasteiger partial charge in [-0.25, -0.2) is 0 Å². The normalized spacial score (nSPS) is 13.1. The third-order valence-electron chi connectivity index (χ3n) is 2.96. The minimum atomic E-state index is -0.878. The number of aliphatic carboxylic acids is 1. The Morgan fingerprint density at radius 2 is 1.86 bits per heavy atom. The first-order valence-electron chi connectivity index (χ1n) is 7.02. The van der Waals surface area contributed by atoms with Crippen molar-refractivity contribution in [1.29, 1.82) is 0 Å². The Morgan fingerprint density at radius 3 is 2.38 bits per heavy atom. The SMILES string of the molecule is CC(C)(C)CC(CNC(=O)/C=C/c1ccccc1)C(=O)O. The van der Waals surface area contributed by atoms with E-state index in [1.54, 1.807) is 6.08 Å². The number of carbonyl (C=O) groups excluding carboxylic acids is 1. The molecule has 0 aromatic heterocycles. The van der Waals surface area contributed by atoms with E-state index >= 15 is 0 Å². The Balaban J connectivity index is 2.50. The van der Waals surface area contributed by atoms with Crippen molar-refractivity contribution < 1.29 is 14.7 Å². The Morgan fingerprint density at radius 1 is 1.24 bits per heavy atom. The van der Waals surface area contributed by atoms with Crippen LogP contribution in [-0.2, 0) is 9.59 Å². The van der Waals surface area contributed by atoms with Crippen molar-refractivity contribution in [2.45, 2.75) is 27.2 Å². The molecule has 0 spiro atoms. The van der Waals surface area contributed by atoms with E-state index in [0.717, 1.165) is 5.56 Å². The van der Waals surface area contributed by atoms with Gasteiger partial charge in [-0.05, 0) is 23.5 Å². The number of carboxylic acid groups (broad SMARTS) is 1. The van der Waals surface area contributed by atoms with E-state index in [4.69, 9.17) is 0 Å². The van der Waals surface area contributed by atoms with Crippen molar-refractivity contribution in [2.75, 3.05) is 6.54 Å². The van der Waals surface area contributed by atoms with Crippen LogP contribution in [0.5, 0.6) is 0 Å². The maximum Gasteiger partial charge on any atom is 0.308 e. The lowest BCUT2D eigenvalue weighted by molar-refractivity contribution is -0.142. The van der Waals surface area contributed by atoms with Gasteiger partial charge >= 0.3 is 5.97 Å².